The predicted octanol–water partition coefficient (Wildman–Crippen LogP) is 9.34. The molecule has 0 aromatic heterocycles. The molecule has 0 nitrogen and oxygen atoms in total. The van der Waals surface area contributed by atoms with Gasteiger partial charge in [0.15, 0.2) is 0 Å². The molecular weight excluding hydrogens is 336 g/mol. The molecule has 28 heavy (non-hydrogen) atoms. The van der Waals surface area contributed by atoms with Gasteiger partial charge in [-0.15, -0.1) is 0 Å². The molecule has 0 saturated heterocycles. The van der Waals surface area contributed by atoms with Crippen molar-refractivity contribution in [1.29, 1.82) is 0 Å². The standard InChI is InChI=1S/C26H36.C2H6/c1-8-12-17-23(21(5)10-3)20-26(6,7)25(16-9-2)24(11-4)22-18-14-13-15-19-22;1-2/h8,11-19H,1,9-10,20H2,2-7H3;1-2H3/b17-12-,23-21-,24-11-,25-16+;. The van der Waals surface area contributed by atoms with E-state index in [9.17, 15) is 0 Å². The second kappa shape index (κ2) is 14.0. The molecule has 1 aromatic carbocycles. The molecule has 0 aliphatic heterocycles. The van der Waals surface area contributed by atoms with Crippen LogP contribution < -0.4 is 0 Å². The van der Waals surface area contributed by atoms with Crippen LogP contribution in [0.15, 0.2) is 84.0 Å². The van der Waals surface area contributed by atoms with Crippen LogP contribution in [0.25, 0.3) is 5.57 Å². The van der Waals surface area contributed by atoms with E-state index >= 15 is 0 Å². The second-order valence-electron chi connectivity index (χ2n) is 7.41. The summed E-state index contributed by atoms with van der Waals surface area (Å²) in [6.07, 6.45) is 13.9. The normalized spacial score (nSPS) is 13.7. The molecule has 0 saturated carbocycles. The number of allylic oxidation sites excluding steroid dienone is 9. The summed E-state index contributed by atoms with van der Waals surface area (Å²) in [7, 11) is 0. The Morgan fingerprint density at radius 3 is 2.14 bits per heavy atom. The van der Waals surface area contributed by atoms with E-state index in [1.165, 1.54) is 27.9 Å². The van der Waals surface area contributed by atoms with Crippen LogP contribution in [0.1, 0.15) is 80.2 Å². The average molecular weight is 379 g/mol. The van der Waals surface area contributed by atoms with Crippen LogP contribution in [0.2, 0.25) is 0 Å². The van der Waals surface area contributed by atoms with Crippen molar-refractivity contribution < 1.29 is 0 Å². The Morgan fingerprint density at radius 1 is 1.07 bits per heavy atom. The van der Waals surface area contributed by atoms with Gasteiger partial charge < -0.3 is 0 Å². The summed E-state index contributed by atoms with van der Waals surface area (Å²) in [5.74, 6) is 0. The van der Waals surface area contributed by atoms with Gasteiger partial charge in [0.1, 0.15) is 0 Å². The van der Waals surface area contributed by atoms with Crippen molar-refractivity contribution >= 4 is 5.57 Å². The summed E-state index contributed by atoms with van der Waals surface area (Å²) in [5.41, 5.74) is 6.99. The second-order valence-corrected chi connectivity index (χ2v) is 7.41. The lowest BCUT2D eigenvalue weighted by Gasteiger charge is -2.32. The number of benzene rings is 1. The Labute approximate surface area is 175 Å². The van der Waals surface area contributed by atoms with E-state index in [-0.39, 0.29) is 5.41 Å². The van der Waals surface area contributed by atoms with Crippen LogP contribution >= 0.6 is 0 Å². The number of hydrogen-bond donors (Lipinski definition) is 0. The van der Waals surface area contributed by atoms with Crippen molar-refractivity contribution in [3.63, 3.8) is 0 Å². The molecule has 0 unspecified atom stereocenters. The Kier molecular flexibility index (Phi) is 13.0. The van der Waals surface area contributed by atoms with Crippen LogP contribution in [0.3, 0.4) is 0 Å². The van der Waals surface area contributed by atoms with Crippen LogP contribution in [0.5, 0.6) is 0 Å². The molecule has 0 radical (unpaired) electrons. The van der Waals surface area contributed by atoms with Crippen LogP contribution in [-0.2, 0) is 0 Å². The van der Waals surface area contributed by atoms with Crippen LogP contribution in [-0.4, -0.2) is 0 Å². The maximum absolute atomic E-state index is 3.83. The zero-order chi connectivity index (χ0) is 21.6. The third-order valence-corrected chi connectivity index (χ3v) is 4.95. The van der Waals surface area contributed by atoms with Gasteiger partial charge in [-0.2, -0.15) is 0 Å². The fraction of sp³-hybridized carbons (Fsp3) is 0.429. The molecule has 0 aliphatic carbocycles. The zero-order valence-electron chi connectivity index (χ0n) is 19.6. The lowest BCUT2D eigenvalue weighted by atomic mass is 9.72. The first kappa shape index (κ1) is 25.9. The SMILES string of the molecule is C=C/C=C\C(CC(C)(C)C(=C/CC)/C(=C\C)c1ccccc1)=C(/C)CC.CC. The molecule has 0 N–H and O–H groups in total. The van der Waals surface area contributed by atoms with E-state index in [1.54, 1.807) is 0 Å². The Bertz CT molecular complexity index is 691. The molecule has 0 atom stereocenters. The van der Waals surface area contributed by atoms with Gasteiger partial charge in [0.05, 0.1) is 0 Å². The average Bonchev–Trinajstić information content (AvgIpc) is 2.72. The van der Waals surface area contributed by atoms with Crippen molar-refractivity contribution in [3.05, 3.63) is 89.6 Å². The van der Waals surface area contributed by atoms with Crippen molar-refractivity contribution in [3.8, 4) is 0 Å². The van der Waals surface area contributed by atoms with Gasteiger partial charge in [-0.1, -0.05) is 114 Å². The Balaban J connectivity index is 0.00000352. The topological polar surface area (TPSA) is 0 Å². The van der Waals surface area contributed by atoms with Crippen LogP contribution in [0.4, 0.5) is 0 Å². The van der Waals surface area contributed by atoms with Crippen molar-refractivity contribution in [1.82, 2.24) is 0 Å². The summed E-state index contributed by atoms with van der Waals surface area (Å²) in [4.78, 5) is 0. The first-order valence-corrected chi connectivity index (χ1v) is 10.8. The third-order valence-electron chi connectivity index (χ3n) is 4.95. The molecule has 0 fully saturated rings. The van der Waals surface area contributed by atoms with Gasteiger partial charge in [-0.3, -0.25) is 0 Å². The minimum absolute atomic E-state index is 0.0466. The zero-order valence-corrected chi connectivity index (χ0v) is 19.6. The highest BCUT2D eigenvalue weighted by molar-refractivity contribution is 5.80. The third kappa shape index (κ3) is 7.89. The Morgan fingerprint density at radius 2 is 1.68 bits per heavy atom. The van der Waals surface area contributed by atoms with Crippen molar-refractivity contribution in [2.75, 3.05) is 0 Å². The smallest absolute Gasteiger partial charge is 0.00604 e. The lowest BCUT2D eigenvalue weighted by Crippen LogP contribution is -2.17. The highest BCUT2D eigenvalue weighted by Gasteiger charge is 2.27. The summed E-state index contributed by atoms with van der Waals surface area (Å²) in [5, 5.41) is 0. The summed E-state index contributed by atoms with van der Waals surface area (Å²) < 4.78 is 0. The van der Waals surface area contributed by atoms with E-state index < -0.39 is 0 Å². The molecule has 0 heterocycles. The van der Waals surface area contributed by atoms with E-state index in [2.05, 4.69) is 103 Å². The van der Waals surface area contributed by atoms with E-state index in [0.717, 1.165) is 19.3 Å². The van der Waals surface area contributed by atoms with Gasteiger partial charge in [-0.25, -0.2) is 0 Å². The predicted molar refractivity (Wildman–Crippen MR) is 131 cm³/mol. The van der Waals surface area contributed by atoms with Crippen molar-refractivity contribution in [2.45, 2.75) is 74.7 Å². The van der Waals surface area contributed by atoms with E-state index in [4.69, 9.17) is 0 Å². The fourth-order valence-corrected chi connectivity index (χ4v) is 3.39. The molecule has 0 aliphatic rings. The minimum atomic E-state index is 0.0466. The summed E-state index contributed by atoms with van der Waals surface area (Å²) in [6, 6.07) is 10.7. The summed E-state index contributed by atoms with van der Waals surface area (Å²) >= 11 is 0. The first-order valence-electron chi connectivity index (χ1n) is 10.8. The van der Waals surface area contributed by atoms with E-state index in [1.807, 2.05) is 19.9 Å². The lowest BCUT2D eigenvalue weighted by molar-refractivity contribution is 0.456. The molecule has 0 amide bonds. The Hall–Kier alpha value is -2.08. The molecule has 0 bridgehead atoms. The van der Waals surface area contributed by atoms with Gasteiger partial charge in [-0.05, 0) is 60.8 Å². The monoisotopic (exact) mass is 378 g/mol. The first-order chi connectivity index (χ1) is 13.4. The molecule has 0 spiro atoms. The van der Waals surface area contributed by atoms with Crippen LogP contribution in [0, 0.1) is 5.41 Å². The van der Waals surface area contributed by atoms with E-state index in [0.29, 0.717) is 0 Å². The molecular formula is C28H42. The molecule has 1 aromatic rings. The quantitative estimate of drug-likeness (QED) is 0.375. The number of hydrogen-bond acceptors (Lipinski definition) is 0. The maximum atomic E-state index is 3.83. The number of rotatable bonds is 9. The van der Waals surface area contributed by atoms with Gasteiger partial charge in [0, 0.05) is 0 Å². The summed E-state index contributed by atoms with van der Waals surface area (Å²) in [6.45, 7) is 21.4. The van der Waals surface area contributed by atoms with Gasteiger partial charge in [0.25, 0.3) is 0 Å². The largest absolute Gasteiger partial charge is 0.0991 e. The molecule has 0 heteroatoms. The van der Waals surface area contributed by atoms with Gasteiger partial charge in [0.2, 0.25) is 0 Å². The molecule has 1 rings (SSSR count). The van der Waals surface area contributed by atoms with Gasteiger partial charge >= 0.3 is 0 Å². The van der Waals surface area contributed by atoms with Crippen molar-refractivity contribution in [2.24, 2.45) is 5.41 Å². The highest BCUT2D eigenvalue weighted by Crippen LogP contribution is 2.42. The minimum Gasteiger partial charge on any atom is -0.0991 e. The highest BCUT2D eigenvalue weighted by atomic mass is 14.3. The maximum Gasteiger partial charge on any atom is -0.00604 e. The molecule has 154 valence electrons. The fourth-order valence-electron chi connectivity index (χ4n) is 3.39.